The van der Waals surface area contributed by atoms with Gasteiger partial charge in [-0.05, 0) is 80.5 Å². The first-order valence-electron chi connectivity index (χ1n) is 32.9. The molecular weight excluding hydrogens is 1290 g/mol. The van der Waals surface area contributed by atoms with Crippen molar-refractivity contribution in [1.29, 1.82) is 0 Å². The van der Waals surface area contributed by atoms with Crippen molar-refractivity contribution >= 4 is 17.7 Å². The molecule has 6 aromatic rings. The minimum absolute atomic E-state index is 0.0456. The fraction of sp³-hybridized carbons (Fsp3) is 0.544. The van der Waals surface area contributed by atoms with Crippen molar-refractivity contribution in [2.75, 3.05) is 26.4 Å². The molecule has 11 rings (SSSR count). The number of aromatic nitrogens is 6. The van der Waals surface area contributed by atoms with Crippen LogP contribution in [0.5, 0.6) is 0 Å². The molecule has 30 heteroatoms. The van der Waals surface area contributed by atoms with Crippen molar-refractivity contribution in [2.24, 2.45) is 11.8 Å². The smallest absolute Gasteiger partial charge is 0.338 e. The van der Waals surface area contributed by atoms with Gasteiger partial charge < -0.3 is 84.1 Å². The van der Waals surface area contributed by atoms with Crippen LogP contribution in [-0.2, 0) is 54.1 Å². The molecule has 0 spiro atoms. The highest BCUT2D eigenvalue weighted by Crippen LogP contribution is 2.43. The van der Waals surface area contributed by atoms with Crippen molar-refractivity contribution in [1.82, 2.24) is 35.3 Å². The summed E-state index contributed by atoms with van der Waals surface area (Å²) in [6.45, 7) is -0.502. The first-order valence-corrected chi connectivity index (χ1v) is 32.9. The summed E-state index contributed by atoms with van der Waals surface area (Å²) >= 11 is 0. The quantitative estimate of drug-likeness (QED) is 0.0162. The summed E-state index contributed by atoms with van der Waals surface area (Å²) in [5.41, 5.74) is 0.769. The highest BCUT2D eigenvalue weighted by Gasteiger charge is 2.55. The van der Waals surface area contributed by atoms with Gasteiger partial charge in [0, 0.05) is 36.6 Å². The number of carbonyl (C=O) groups is 3. The van der Waals surface area contributed by atoms with Gasteiger partial charge >= 0.3 is 5.97 Å². The average Bonchev–Trinajstić information content (AvgIpc) is 1.14. The van der Waals surface area contributed by atoms with Crippen LogP contribution in [0.3, 0.4) is 0 Å². The average molecular weight is 1380 g/mol. The number of hydrogen-bond donors (Lipinski definition) is 9. The molecule has 4 aromatic carbocycles. The molecule has 3 aliphatic heterocycles. The maximum absolute atomic E-state index is 15.1. The molecule has 5 heterocycles. The molecule has 9 N–H and O–H groups in total. The lowest BCUT2D eigenvalue weighted by Crippen LogP contribution is -2.63. The van der Waals surface area contributed by atoms with Crippen molar-refractivity contribution < 1.29 is 111 Å². The van der Waals surface area contributed by atoms with Crippen molar-refractivity contribution in [3.8, 4) is 22.5 Å². The maximum atomic E-state index is 15.1. The number of halogens is 4. The number of aliphatic hydroxyl groups excluding tert-OH is 8. The van der Waals surface area contributed by atoms with Gasteiger partial charge in [-0.2, -0.15) is 0 Å². The van der Waals surface area contributed by atoms with E-state index in [0.29, 0.717) is 35.6 Å². The second-order valence-electron chi connectivity index (χ2n) is 25.6. The normalized spacial score (nSPS) is 31.1. The molecule has 5 aliphatic rings. The molecule has 0 bridgehead atoms. The van der Waals surface area contributed by atoms with E-state index in [1.165, 1.54) is 48.1 Å². The second kappa shape index (κ2) is 32.9. The number of Topliss-reactive ketones (excluding diaryl/α,β-unsaturated/α-hetero) is 1. The van der Waals surface area contributed by atoms with Crippen molar-refractivity contribution in [2.45, 2.75) is 194 Å². The van der Waals surface area contributed by atoms with E-state index in [2.05, 4.69) is 25.9 Å². The zero-order chi connectivity index (χ0) is 69.3. The number of ether oxygens (including phenoxy) is 8. The Morgan fingerprint density at radius 3 is 2.05 bits per heavy atom. The van der Waals surface area contributed by atoms with Crippen molar-refractivity contribution in [3.05, 3.63) is 144 Å². The minimum Gasteiger partial charge on any atom is -0.450 e. The number of amides is 1. The molecule has 98 heavy (non-hydrogen) atoms. The van der Waals surface area contributed by atoms with E-state index in [1.54, 1.807) is 54.6 Å². The molecule has 0 radical (unpaired) electrons. The Labute approximate surface area is 560 Å². The van der Waals surface area contributed by atoms with Gasteiger partial charge in [0.1, 0.15) is 96.2 Å². The predicted octanol–water partition coefficient (Wildman–Crippen LogP) is 3.74. The number of hydrogen-bond acceptors (Lipinski definition) is 23. The number of aliphatic hydroxyl groups is 8. The van der Waals surface area contributed by atoms with Crippen molar-refractivity contribution in [3.63, 3.8) is 0 Å². The third kappa shape index (κ3) is 16.7. The van der Waals surface area contributed by atoms with E-state index in [-0.39, 0.29) is 68.0 Å². The highest BCUT2D eigenvalue weighted by molar-refractivity contribution is 5.89. The topological polar surface area (TPSA) is 360 Å². The molecule has 5 fully saturated rings. The number of benzene rings is 4. The summed E-state index contributed by atoms with van der Waals surface area (Å²) < 4.78 is 111. The third-order valence-electron chi connectivity index (χ3n) is 19.0. The number of carbonyl (C=O) groups excluding carboxylic acids is 3. The molecule has 26 nitrogen and oxygen atoms in total. The zero-order valence-corrected chi connectivity index (χ0v) is 53.4. The molecule has 1 amide bonds. The standard InChI is InChI=1S/C68H81F4N7O19/c1-35-54(83)58(87)59(88)67(93-35)98-60-47(78-30-45(74-76-78)39-19-11-20-42(69)25-39)28-41(29-49(60)95-68-64(97-66(90)38-17-9-4-10-18-38)61(56(85)51(33-81)96-68)91-24-22-36-13-5-2-6-14-36)48(82)21-12-23-73-65(89)63(92-34-37-15-7-3-8-16-37)62-57(86)53(55(84)50(32-80)94-62)79-31-46(75-77-79)40-26-43(70)52(72)44(71)27-40/h3-4,7-11,15-20,25-27,30-31,35-36,41,47,49-51,53-64,67-68,80-81,83-88H,2,5-6,12-14,21-24,28-29,32-34H2,1H3,(H,73,89)/t35?,41?,47?,49-,50?,51?,53?,54-,55+,56+,57-,58+,59?,60-,61+,62-,63+,64?,67+,68-/m1/s1. The summed E-state index contributed by atoms with van der Waals surface area (Å²) in [7, 11) is 0. The Morgan fingerprint density at radius 2 is 1.35 bits per heavy atom. The number of rotatable bonds is 26. The lowest BCUT2D eigenvalue weighted by molar-refractivity contribution is -0.347. The van der Waals surface area contributed by atoms with Gasteiger partial charge in [-0.1, -0.05) is 103 Å². The Hall–Kier alpha value is -7.11. The van der Waals surface area contributed by atoms with Crippen LogP contribution in [0.2, 0.25) is 0 Å². The Balaban J connectivity index is 0.881. The largest absolute Gasteiger partial charge is 0.450 e. The Bertz CT molecular complexity index is 3580. The molecular formula is C68H81F4N7O19. The van der Waals surface area contributed by atoms with Crippen LogP contribution in [0.4, 0.5) is 17.6 Å². The van der Waals surface area contributed by atoms with Crippen LogP contribution < -0.4 is 5.32 Å². The summed E-state index contributed by atoms with van der Waals surface area (Å²) in [6, 6.07) is 20.8. The van der Waals surface area contributed by atoms with Gasteiger partial charge in [-0.3, -0.25) is 9.59 Å². The van der Waals surface area contributed by atoms with Gasteiger partial charge in [0.2, 0.25) is 0 Å². The number of ketones is 1. The lowest BCUT2D eigenvalue weighted by atomic mass is 9.78. The molecule has 3 saturated heterocycles. The zero-order valence-electron chi connectivity index (χ0n) is 53.4. The molecule has 2 saturated carbocycles. The molecule has 2 aromatic heterocycles. The van der Waals surface area contributed by atoms with Crippen LogP contribution >= 0.6 is 0 Å². The van der Waals surface area contributed by atoms with E-state index in [4.69, 9.17) is 37.9 Å². The van der Waals surface area contributed by atoms with Gasteiger partial charge in [-0.15, -0.1) is 10.2 Å². The van der Waals surface area contributed by atoms with Crippen LogP contribution in [0.15, 0.2) is 109 Å². The van der Waals surface area contributed by atoms with E-state index in [0.717, 1.165) is 43.0 Å². The summed E-state index contributed by atoms with van der Waals surface area (Å²) in [6.07, 6.45) is -19.3. The maximum Gasteiger partial charge on any atom is 0.338 e. The SMILES string of the molecule is CC1O[C@@H](O[C@@H]2C(n3cc(-c4cccc(F)c4)nn3)CC(C(=O)CCCNC(=O)[C@@H](OCc3ccccc3)[C@@H]3OC(CO)[C@H](O)C(n4cc(-c5cc(F)c(F)c(F)c5)nn4)[C@H]3O)C[C@H]2O[C@@H]2OC(CO)[C@H](O)[C@H](OCCC3CCCCC3)C2OC(=O)c2ccccc2)C(O)[C@@H](O)[C@@H]1O. The monoisotopic (exact) mass is 1380 g/mol. The number of esters is 1. The number of nitrogens with zero attached hydrogens (tertiary/aromatic N) is 6. The van der Waals surface area contributed by atoms with Crippen LogP contribution in [-0.4, -0.2) is 219 Å². The van der Waals surface area contributed by atoms with E-state index in [1.807, 2.05) is 0 Å². The van der Waals surface area contributed by atoms with Gasteiger partial charge in [0.25, 0.3) is 5.91 Å². The molecule has 2 aliphatic carbocycles. The highest BCUT2D eigenvalue weighted by atomic mass is 19.2. The summed E-state index contributed by atoms with van der Waals surface area (Å²) in [4.78, 5) is 43.9. The van der Waals surface area contributed by atoms with E-state index in [9.17, 15) is 68.0 Å². The van der Waals surface area contributed by atoms with Gasteiger partial charge in [0.15, 0.2) is 42.2 Å². The van der Waals surface area contributed by atoms with Gasteiger partial charge in [0.05, 0.1) is 56.0 Å². The second-order valence-corrected chi connectivity index (χ2v) is 25.6. The first kappa shape index (κ1) is 72.2. The molecule has 530 valence electrons. The van der Waals surface area contributed by atoms with E-state index >= 15 is 4.79 Å². The minimum atomic E-state index is -1.88. The van der Waals surface area contributed by atoms with Crippen LogP contribution in [0.25, 0.3) is 22.5 Å². The Morgan fingerprint density at radius 1 is 0.673 bits per heavy atom. The summed E-state index contributed by atoms with van der Waals surface area (Å²) in [5.74, 6) is -8.17. The molecule has 20 atom stereocenters. The fourth-order valence-electron chi connectivity index (χ4n) is 13.6. The van der Waals surface area contributed by atoms with Gasteiger partial charge in [-0.25, -0.2) is 31.7 Å². The summed E-state index contributed by atoms with van der Waals surface area (Å²) in [5, 5.41) is 110. The van der Waals surface area contributed by atoms with Crippen LogP contribution in [0, 0.1) is 35.1 Å². The fourth-order valence-corrected chi connectivity index (χ4v) is 13.6. The Kier molecular flexibility index (Phi) is 24.2. The van der Waals surface area contributed by atoms with E-state index < -0.39 is 176 Å². The molecule has 8 unspecified atom stereocenters. The van der Waals surface area contributed by atoms with Crippen LogP contribution in [0.1, 0.15) is 99.1 Å². The lowest BCUT2D eigenvalue weighted by Gasteiger charge is -2.48. The first-order chi connectivity index (χ1) is 47.3. The number of nitrogens with one attached hydrogen (secondary N) is 1. The predicted molar refractivity (Wildman–Crippen MR) is 332 cm³/mol. The third-order valence-corrected chi connectivity index (χ3v) is 19.0.